The van der Waals surface area contributed by atoms with Crippen molar-refractivity contribution >= 4 is 39.3 Å². The average Bonchev–Trinajstić information content (AvgIpc) is 2.99. The number of hydrogen-bond donors (Lipinski definition) is 1. The number of aryl methyl sites for hydroxylation is 1. The van der Waals surface area contributed by atoms with Gasteiger partial charge in [-0.3, -0.25) is 14.5 Å². The molecule has 0 saturated carbocycles. The Hall–Kier alpha value is -3.32. The monoisotopic (exact) mass is 449 g/mol. The van der Waals surface area contributed by atoms with E-state index in [1.165, 1.54) is 17.3 Å². The van der Waals surface area contributed by atoms with E-state index in [4.69, 9.17) is 0 Å². The number of Topliss-reactive ketones (excluding diaryl/α,β-unsaturated/α-hetero) is 1. The van der Waals surface area contributed by atoms with Crippen LogP contribution in [0.3, 0.4) is 0 Å². The van der Waals surface area contributed by atoms with E-state index in [-0.39, 0.29) is 17.3 Å². The van der Waals surface area contributed by atoms with Crippen LogP contribution < -0.4 is 4.90 Å². The smallest absolute Gasteiger partial charge is 0.302 e. The van der Waals surface area contributed by atoms with Gasteiger partial charge >= 0.3 is 5.91 Å². The van der Waals surface area contributed by atoms with Gasteiger partial charge in [0.25, 0.3) is 5.78 Å². The summed E-state index contributed by atoms with van der Waals surface area (Å²) in [6, 6.07) is 15.1. The van der Waals surface area contributed by atoms with Gasteiger partial charge in [-0.25, -0.2) is 9.97 Å². The highest BCUT2D eigenvalue weighted by Crippen LogP contribution is 2.41. The molecule has 3 aromatic rings. The van der Waals surface area contributed by atoms with Crippen molar-refractivity contribution in [2.24, 2.45) is 0 Å². The van der Waals surface area contributed by atoms with Crippen LogP contribution in [-0.2, 0) is 9.59 Å². The summed E-state index contributed by atoms with van der Waals surface area (Å²) >= 11 is 3.43. The lowest BCUT2D eigenvalue weighted by molar-refractivity contribution is -0.132. The van der Waals surface area contributed by atoms with Gasteiger partial charge in [-0.05, 0) is 30.7 Å². The maximum absolute atomic E-state index is 13.0. The van der Waals surface area contributed by atoms with Crippen molar-refractivity contribution in [2.75, 3.05) is 4.90 Å². The molecule has 2 heterocycles. The van der Waals surface area contributed by atoms with E-state index in [0.717, 1.165) is 10.0 Å². The van der Waals surface area contributed by atoms with Gasteiger partial charge in [-0.1, -0.05) is 57.9 Å². The molecule has 0 bridgehead atoms. The predicted molar refractivity (Wildman–Crippen MR) is 112 cm³/mol. The molecule has 29 heavy (non-hydrogen) atoms. The third-order valence-corrected chi connectivity index (χ3v) is 5.19. The Bertz CT molecular complexity index is 1130. The molecule has 0 radical (unpaired) electrons. The van der Waals surface area contributed by atoms with Crippen molar-refractivity contribution in [2.45, 2.75) is 13.0 Å². The van der Waals surface area contributed by atoms with E-state index in [1.54, 1.807) is 36.4 Å². The van der Waals surface area contributed by atoms with Crippen LogP contribution in [0.15, 0.2) is 77.0 Å². The fourth-order valence-electron chi connectivity index (χ4n) is 3.31. The number of aliphatic hydroxyl groups excluding tert-OH is 1. The molecule has 1 amide bonds. The molecule has 144 valence electrons. The van der Waals surface area contributed by atoms with Crippen molar-refractivity contribution in [1.29, 1.82) is 0 Å². The van der Waals surface area contributed by atoms with Crippen LogP contribution in [0, 0.1) is 6.92 Å². The van der Waals surface area contributed by atoms with Crippen LogP contribution in [0.5, 0.6) is 0 Å². The minimum absolute atomic E-state index is 0.00408. The maximum atomic E-state index is 13.0. The van der Waals surface area contributed by atoms with Crippen LogP contribution >= 0.6 is 15.9 Å². The SMILES string of the molecule is Cc1ccc(/C(O)=C2\C(=O)C(=O)N(c3ncccn3)[C@@H]2c2cccc(Br)c2)cc1. The molecule has 4 rings (SSSR count). The normalized spacial score (nSPS) is 18.3. The number of carbonyl (C=O) groups excluding carboxylic acids is 2. The molecular formula is C22H16BrN3O3. The number of benzene rings is 2. The summed E-state index contributed by atoms with van der Waals surface area (Å²) in [6.45, 7) is 1.93. The highest BCUT2D eigenvalue weighted by molar-refractivity contribution is 9.10. The van der Waals surface area contributed by atoms with Crippen LogP contribution in [0.25, 0.3) is 5.76 Å². The minimum atomic E-state index is -0.851. The first-order valence-corrected chi connectivity index (χ1v) is 9.67. The van der Waals surface area contributed by atoms with E-state index in [1.807, 2.05) is 25.1 Å². The van der Waals surface area contributed by atoms with Crippen LogP contribution in [0.1, 0.15) is 22.7 Å². The Morgan fingerprint density at radius 1 is 1.03 bits per heavy atom. The molecule has 2 aromatic carbocycles. The summed E-state index contributed by atoms with van der Waals surface area (Å²) in [5.74, 6) is -1.69. The summed E-state index contributed by atoms with van der Waals surface area (Å²) in [4.78, 5) is 35.4. The molecule has 1 aromatic heterocycles. The number of anilines is 1. The Kier molecular flexibility index (Phi) is 4.98. The number of aromatic nitrogens is 2. The van der Waals surface area contributed by atoms with Crippen LogP contribution in [0.2, 0.25) is 0 Å². The third-order valence-electron chi connectivity index (χ3n) is 4.70. The zero-order valence-electron chi connectivity index (χ0n) is 15.4. The summed E-state index contributed by atoms with van der Waals surface area (Å²) in [5.41, 5.74) is 2.13. The van der Waals surface area contributed by atoms with E-state index < -0.39 is 17.7 Å². The van der Waals surface area contributed by atoms with Gasteiger partial charge in [0.1, 0.15) is 5.76 Å². The minimum Gasteiger partial charge on any atom is -0.507 e. The molecule has 0 aliphatic carbocycles. The number of aliphatic hydroxyl groups is 1. The van der Waals surface area contributed by atoms with Gasteiger partial charge in [0.15, 0.2) is 0 Å². The second-order valence-corrected chi connectivity index (χ2v) is 7.55. The summed E-state index contributed by atoms with van der Waals surface area (Å²) in [6.07, 6.45) is 3.00. The molecule has 1 aliphatic rings. The van der Waals surface area contributed by atoms with Crippen molar-refractivity contribution in [3.05, 3.63) is 93.7 Å². The zero-order chi connectivity index (χ0) is 20.5. The maximum Gasteiger partial charge on any atom is 0.302 e. The Balaban J connectivity index is 1.95. The standard InChI is InChI=1S/C22H16BrN3O3/c1-13-6-8-14(9-7-13)19(27)17-18(15-4-2-5-16(23)12-15)26(21(29)20(17)28)22-24-10-3-11-25-22/h2-12,18,27H,1H3/b19-17+/t18-/m1/s1. The first-order chi connectivity index (χ1) is 14.0. The van der Waals surface area contributed by atoms with Crippen molar-refractivity contribution in [3.63, 3.8) is 0 Å². The molecule has 7 heteroatoms. The lowest BCUT2D eigenvalue weighted by Crippen LogP contribution is -2.31. The highest BCUT2D eigenvalue weighted by atomic mass is 79.9. The highest BCUT2D eigenvalue weighted by Gasteiger charge is 2.48. The van der Waals surface area contributed by atoms with Gasteiger partial charge in [-0.15, -0.1) is 0 Å². The number of hydrogen-bond acceptors (Lipinski definition) is 5. The average molecular weight is 450 g/mol. The second kappa shape index (κ2) is 7.60. The molecule has 1 N–H and O–H groups in total. The quantitative estimate of drug-likeness (QED) is 0.368. The Morgan fingerprint density at radius 2 is 1.72 bits per heavy atom. The molecule has 6 nitrogen and oxygen atoms in total. The van der Waals surface area contributed by atoms with Crippen LogP contribution in [-0.4, -0.2) is 26.8 Å². The largest absolute Gasteiger partial charge is 0.507 e. The van der Waals surface area contributed by atoms with Crippen molar-refractivity contribution < 1.29 is 14.7 Å². The van der Waals surface area contributed by atoms with Gasteiger partial charge in [0.05, 0.1) is 11.6 Å². The number of nitrogens with zero attached hydrogens (tertiary/aromatic N) is 3. The third kappa shape index (κ3) is 3.45. The fraction of sp³-hybridized carbons (Fsp3) is 0.0909. The first kappa shape index (κ1) is 19.0. The van der Waals surface area contributed by atoms with Gasteiger partial charge in [0, 0.05) is 22.4 Å². The fourth-order valence-corrected chi connectivity index (χ4v) is 3.73. The number of ketones is 1. The number of carbonyl (C=O) groups is 2. The van der Waals surface area contributed by atoms with Gasteiger partial charge in [-0.2, -0.15) is 0 Å². The lowest BCUT2D eigenvalue weighted by atomic mass is 9.95. The lowest BCUT2D eigenvalue weighted by Gasteiger charge is -2.23. The van der Waals surface area contributed by atoms with Gasteiger partial charge < -0.3 is 5.11 Å². The van der Waals surface area contributed by atoms with E-state index >= 15 is 0 Å². The van der Waals surface area contributed by atoms with Crippen molar-refractivity contribution in [1.82, 2.24) is 9.97 Å². The molecule has 1 fully saturated rings. The topological polar surface area (TPSA) is 83.4 Å². The summed E-state index contributed by atoms with van der Waals surface area (Å²) < 4.78 is 0.782. The van der Waals surface area contributed by atoms with Crippen molar-refractivity contribution in [3.8, 4) is 0 Å². The molecular weight excluding hydrogens is 434 g/mol. The Labute approximate surface area is 175 Å². The summed E-state index contributed by atoms with van der Waals surface area (Å²) in [7, 11) is 0. The first-order valence-electron chi connectivity index (χ1n) is 8.88. The number of halogens is 1. The molecule has 0 spiro atoms. The summed E-state index contributed by atoms with van der Waals surface area (Å²) in [5, 5.41) is 11.0. The molecule has 1 aliphatic heterocycles. The molecule has 1 saturated heterocycles. The molecule has 0 unspecified atom stereocenters. The molecule has 1 atom stereocenters. The van der Waals surface area contributed by atoms with Gasteiger partial charge in [0.2, 0.25) is 5.95 Å². The van der Waals surface area contributed by atoms with E-state index in [2.05, 4.69) is 25.9 Å². The van der Waals surface area contributed by atoms with E-state index in [9.17, 15) is 14.7 Å². The predicted octanol–water partition coefficient (Wildman–Crippen LogP) is 4.17. The van der Waals surface area contributed by atoms with E-state index in [0.29, 0.717) is 11.1 Å². The Morgan fingerprint density at radius 3 is 2.38 bits per heavy atom. The second-order valence-electron chi connectivity index (χ2n) is 6.64. The number of rotatable bonds is 3. The van der Waals surface area contributed by atoms with Crippen LogP contribution in [0.4, 0.5) is 5.95 Å². The number of amides is 1. The zero-order valence-corrected chi connectivity index (χ0v) is 17.0.